The van der Waals surface area contributed by atoms with Gasteiger partial charge in [-0.2, -0.15) is 0 Å². The lowest BCUT2D eigenvalue weighted by molar-refractivity contribution is 0.568. The Balaban J connectivity index is 2.20. The van der Waals surface area contributed by atoms with Gasteiger partial charge in [0.2, 0.25) is 0 Å². The molecule has 0 saturated carbocycles. The SMILES string of the molecule is Cc1cccc(N2CCS(=O)(=O)[C@H](C)C2)n1. The van der Waals surface area contributed by atoms with Gasteiger partial charge in [-0.1, -0.05) is 6.07 Å². The number of aromatic nitrogens is 1. The molecule has 1 atom stereocenters. The molecule has 5 heteroatoms. The molecule has 0 bridgehead atoms. The van der Waals surface area contributed by atoms with Crippen molar-refractivity contribution in [1.82, 2.24) is 4.98 Å². The fourth-order valence-electron chi connectivity index (χ4n) is 1.87. The molecule has 88 valence electrons. The molecule has 2 heterocycles. The summed E-state index contributed by atoms with van der Waals surface area (Å²) < 4.78 is 23.2. The Labute approximate surface area is 96.2 Å². The molecule has 1 saturated heterocycles. The van der Waals surface area contributed by atoms with Gasteiger partial charge in [0.05, 0.1) is 11.0 Å². The highest BCUT2D eigenvalue weighted by Gasteiger charge is 2.29. The predicted molar refractivity (Wildman–Crippen MR) is 64.4 cm³/mol. The van der Waals surface area contributed by atoms with E-state index in [9.17, 15) is 8.42 Å². The summed E-state index contributed by atoms with van der Waals surface area (Å²) in [6, 6.07) is 5.82. The molecule has 0 N–H and O–H groups in total. The number of nitrogens with zero attached hydrogens (tertiary/aromatic N) is 2. The molecule has 1 fully saturated rings. The smallest absolute Gasteiger partial charge is 0.156 e. The van der Waals surface area contributed by atoms with E-state index in [1.807, 2.05) is 30.0 Å². The molecule has 1 aromatic rings. The van der Waals surface area contributed by atoms with Crippen LogP contribution in [0.15, 0.2) is 18.2 Å². The summed E-state index contributed by atoms with van der Waals surface area (Å²) in [5, 5.41) is -0.302. The molecule has 4 nitrogen and oxygen atoms in total. The Kier molecular flexibility index (Phi) is 2.88. The largest absolute Gasteiger partial charge is 0.354 e. The van der Waals surface area contributed by atoms with Gasteiger partial charge in [-0.25, -0.2) is 13.4 Å². The summed E-state index contributed by atoms with van der Waals surface area (Å²) in [5.41, 5.74) is 0.957. The second kappa shape index (κ2) is 4.05. The van der Waals surface area contributed by atoms with Crippen molar-refractivity contribution in [2.75, 3.05) is 23.7 Å². The van der Waals surface area contributed by atoms with Crippen molar-refractivity contribution in [3.8, 4) is 0 Å². The molecule has 0 unspecified atom stereocenters. The number of hydrogen-bond donors (Lipinski definition) is 0. The lowest BCUT2D eigenvalue weighted by atomic mass is 10.3. The van der Waals surface area contributed by atoms with Crippen LogP contribution in [0.4, 0.5) is 5.82 Å². The zero-order valence-electron chi connectivity index (χ0n) is 9.55. The quantitative estimate of drug-likeness (QED) is 0.735. The Bertz CT molecular complexity index is 485. The average Bonchev–Trinajstić information content (AvgIpc) is 2.22. The van der Waals surface area contributed by atoms with E-state index in [1.54, 1.807) is 6.92 Å². The van der Waals surface area contributed by atoms with Gasteiger partial charge in [0.1, 0.15) is 5.82 Å². The van der Waals surface area contributed by atoms with Gasteiger partial charge in [-0.3, -0.25) is 0 Å². The number of pyridine rings is 1. The van der Waals surface area contributed by atoms with Gasteiger partial charge < -0.3 is 4.90 Å². The van der Waals surface area contributed by atoms with Crippen LogP contribution in [0.5, 0.6) is 0 Å². The molecule has 0 aliphatic carbocycles. The third-order valence-electron chi connectivity index (χ3n) is 2.93. The molecule has 0 radical (unpaired) electrons. The van der Waals surface area contributed by atoms with E-state index in [1.165, 1.54) is 0 Å². The van der Waals surface area contributed by atoms with Crippen molar-refractivity contribution in [3.63, 3.8) is 0 Å². The van der Waals surface area contributed by atoms with Crippen molar-refractivity contribution in [1.29, 1.82) is 0 Å². The Morgan fingerprint density at radius 3 is 2.81 bits per heavy atom. The highest BCUT2D eigenvalue weighted by atomic mass is 32.2. The van der Waals surface area contributed by atoms with E-state index in [4.69, 9.17) is 0 Å². The van der Waals surface area contributed by atoms with E-state index in [0.717, 1.165) is 11.5 Å². The maximum atomic E-state index is 11.6. The Morgan fingerprint density at radius 1 is 1.44 bits per heavy atom. The van der Waals surface area contributed by atoms with Crippen molar-refractivity contribution >= 4 is 15.7 Å². The minimum atomic E-state index is -2.88. The topological polar surface area (TPSA) is 50.3 Å². The van der Waals surface area contributed by atoms with E-state index in [-0.39, 0.29) is 11.0 Å². The monoisotopic (exact) mass is 240 g/mol. The van der Waals surface area contributed by atoms with Crippen LogP contribution < -0.4 is 4.90 Å². The minimum Gasteiger partial charge on any atom is -0.354 e. The maximum absolute atomic E-state index is 11.6. The van der Waals surface area contributed by atoms with E-state index in [2.05, 4.69) is 4.98 Å². The van der Waals surface area contributed by atoms with Gasteiger partial charge in [0.25, 0.3) is 0 Å². The number of aryl methyl sites for hydroxylation is 1. The zero-order chi connectivity index (χ0) is 11.8. The number of sulfone groups is 1. The third kappa shape index (κ3) is 2.19. The van der Waals surface area contributed by atoms with Crippen molar-refractivity contribution in [2.45, 2.75) is 19.1 Å². The lowest BCUT2D eigenvalue weighted by Gasteiger charge is -2.31. The van der Waals surface area contributed by atoms with Gasteiger partial charge in [0.15, 0.2) is 9.84 Å². The Hall–Kier alpha value is -1.10. The van der Waals surface area contributed by atoms with Crippen LogP contribution in [0.25, 0.3) is 0 Å². The molecule has 0 amide bonds. The summed E-state index contributed by atoms with van der Waals surface area (Å²) in [7, 11) is -2.88. The molecule has 16 heavy (non-hydrogen) atoms. The normalized spacial score (nSPS) is 24.4. The summed E-state index contributed by atoms with van der Waals surface area (Å²) in [4.78, 5) is 6.45. The van der Waals surface area contributed by atoms with Gasteiger partial charge in [0, 0.05) is 18.8 Å². The van der Waals surface area contributed by atoms with Crippen LogP contribution in [-0.2, 0) is 9.84 Å². The Morgan fingerprint density at radius 2 is 2.19 bits per heavy atom. The summed E-state index contributed by atoms with van der Waals surface area (Å²) in [6.07, 6.45) is 0. The number of rotatable bonds is 1. The molecule has 0 spiro atoms. The first-order valence-corrected chi connectivity index (χ1v) is 7.11. The molecule has 0 aromatic carbocycles. The zero-order valence-corrected chi connectivity index (χ0v) is 10.4. The van der Waals surface area contributed by atoms with E-state index < -0.39 is 9.84 Å². The molecule has 1 aliphatic heterocycles. The molecular weight excluding hydrogens is 224 g/mol. The van der Waals surface area contributed by atoms with Crippen molar-refractivity contribution < 1.29 is 8.42 Å². The number of anilines is 1. The lowest BCUT2D eigenvalue weighted by Crippen LogP contribution is -2.45. The predicted octanol–water partition coefficient (Wildman–Crippen LogP) is 1.01. The first-order valence-electron chi connectivity index (χ1n) is 5.39. The first kappa shape index (κ1) is 11.4. The average molecular weight is 240 g/mol. The molecular formula is C11H16N2O2S. The molecule has 2 rings (SSSR count). The second-order valence-corrected chi connectivity index (χ2v) is 6.80. The van der Waals surface area contributed by atoms with Crippen LogP contribution in [-0.4, -0.2) is 37.5 Å². The van der Waals surface area contributed by atoms with E-state index >= 15 is 0 Å². The standard InChI is InChI=1S/C11H16N2O2S/c1-9-4-3-5-11(12-9)13-6-7-16(14,15)10(2)8-13/h3-5,10H,6-8H2,1-2H3/t10-/m1/s1. The highest BCUT2D eigenvalue weighted by Crippen LogP contribution is 2.18. The highest BCUT2D eigenvalue weighted by molar-refractivity contribution is 7.92. The van der Waals surface area contributed by atoms with Crippen molar-refractivity contribution in [3.05, 3.63) is 23.9 Å². The summed E-state index contributed by atoms with van der Waals surface area (Å²) >= 11 is 0. The van der Waals surface area contributed by atoms with Crippen LogP contribution in [0.3, 0.4) is 0 Å². The first-order chi connectivity index (χ1) is 7.49. The van der Waals surface area contributed by atoms with Gasteiger partial charge in [-0.15, -0.1) is 0 Å². The fourth-order valence-corrected chi connectivity index (χ4v) is 3.15. The molecule has 1 aromatic heterocycles. The van der Waals surface area contributed by atoms with Crippen LogP contribution >= 0.6 is 0 Å². The number of hydrogen-bond acceptors (Lipinski definition) is 4. The van der Waals surface area contributed by atoms with Crippen LogP contribution in [0, 0.1) is 6.92 Å². The fraction of sp³-hybridized carbons (Fsp3) is 0.545. The molecule has 1 aliphatic rings. The van der Waals surface area contributed by atoms with Crippen LogP contribution in [0.2, 0.25) is 0 Å². The summed E-state index contributed by atoms with van der Waals surface area (Å²) in [5.74, 6) is 1.10. The summed E-state index contributed by atoms with van der Waals surface area (Å²) in [6.45, 7) is 4.78. The van der Waals surface area contributed by atoms with Gasteiger partial charge in [-0.05, 0) is 26.0 Å². The van der Waals surface area contributed by atoms with Crippen LogP contribution in [0.1, 0.15) is 12.6 Å². The maximum Gasteiger partial charge on any atom is 0.156 e. The third-order valence-corrected chi connectivity index (χ3v) is 5.06. The van der Waals surface area contributed by atoms with E-state index in [0.29, 0.717) is 13.1 Å². The van der Waals surface area contributed by atoms with Gasteiger partial charge >= 0.3 is 0 Å². The van der Waals surface area contributed by atoms with Crippen molar-refractivity contribution in [2.24, 2.45) is 0 Å². The minimum absolute atomic E-state index is 0.226. The second-order valence-electron chi connectivity index (χ2n) is 4.26.